The average molecular weight is 713 g/mol. The molecule has 0 saturated carbocycles. The maximum atomic E-state index is 5.36. The SMILES string of the molecule is c1ccc(-c2cccc(-c3cc(-c4ccc5ccc6nc(-c7ccccc7)cc(-c7ccccc7)c6c5c4)cc(-c4cccc(-c5ccccc5)c4)n3)c2)cc1. The Hall–Kier alpha value is -7.42. The molecule has 0 aliphatic heterocycles. The van der Waals surface area contributed by atoms with Gasteiger partial charge in [0.15, 0.2) is 0 Å². The van der Waals surface area contributed by atoms with Crippen molar-refractivity contribution >= 4 is 21.7 Å². The molecule has 0 unspecified atom stereocenters. The van der Waals surface area contributed by atoms with E-state index in [1.54, 1.807) is 0 Å². The standard InChI is InChI=1S/C54H36N2/c1-5-15-37(16-6-1)42-23-13-25-45(31-42)51-34-47(35-52(56-51)46-26-14-24-43(32-46)38-17-7-2-8-18-38)44-28-27-40-29-30-50-54(48(40)33-44)49(39-19-9-3-10-20-39)36-53(55-50)41-21-11-4-12-22-41/h1-36H. The smallest absolute Gasteiger partial charge is 0.0722 e. The fourth-order valence-electron chi connectivity index (χ4n) is 7.81. The largest absolute Gasteiger partial charge is 0.248 e. The third-order valence-corrected chi connectivity index (χ3v) is 10.6. The normalized spacial score (nSPS) is 11.2. The minimum absolute atomic E-state index is 0.928. The molecule has 0 bridgehead atoms. The number of aromatic nitrogens is 2. The lowest BCUT2D eigenvalue weighted by atomic mass is 9.92. The summed E-state index contributed by atoms with van der Waals surface area (Å²) in [5.41, 5.74) is 16.3. The van der Waals surface area contributed by atoms with Crippen molar-refractivity contribution in [1.82, 2.24) is 9.97 Å². The van der Waals surface area contributed by atoms with Crippen LogP contribution in [0.1, 0.15) is 0 Å². The Morgan fingerprint density at radius 2 is 0.696 bits per heavy atom. The molecule has 10 aromatic rings. The first-order valence-electron chi connectivity index (χ1n) is 19.1. The van der Waals surface area contributed by atoms with Crippen molar-refractivity contribution in [2.75, 3.05) is 0 Å². The highest BCUT2D eigenvalue weighted by molar-refractivity contribution is 6.14. The number of benzene rings is 8. The highest BCUT2D eigenvalue weighted by atomic mass is 14.7. The minimum Gasteiger partial charge on any atom is -0.248 e. The van der Waals surface area contributed by atoms with Crippen LogP contribution >= 0.6 is 0 Å². The highest BCUT2D eigenvalue weighted by Crippen LogP contribution is 2.39. The number of fused-ring (bicyclic) bond motifs is 3. The molecule has 0 radical (unpaired) electrons. The zero-order valence-electron chi connectivity index (χ0n) is 30.7. The van der Waals surface area contributed by atoms with Crippen molar-refractivity contribution in [3.8, 4) is 78.3 Å². The van der Waals surface area contributed by atoms with E-state index in [-0.39, 0.29) is 0 Å². The Morgan fingerprint density at radius 3 is 1.27 bits per heavy atom. The Labute approximate surface area is 327 Å². The first kappa shape index (κ1) is 33.2. The maximum Gasteiger partial charge on any atom is 0.0722 e. The van der Waals surface area contributed by atoms with Crippen LogP contribution in [0.15, 0.2) is 218 Å². The number of hydrogen-bond acceptors (Lipinski definition) is 2. The summed E-state index contributed by atoms with van der Waals surface area (Å²) in [4.78, 5) is 10.6. The fourth-order valence-corrected chi connectivity index (χ4v) is 7.81. The van der Waals surface area contributed by atoms with Gasteiger partial charge in [0, 0.05) is 22.1 Å². The van der Waals surface area contributed by atoms with Gasteiger partial charge in [-0.15, -0.1) is 0 Å². The van der Waals surface area contributed by atoms with Crippen LogP contribution in [0.2, 0.25) is 0 Å². The van der Waals surface area contributed by atoms with Gasteiger partial charge in [-0.3, -0.25) is 0 Å². The molecule has 0 N–H and O–H groups in total. The topological polar surface area (TPSA) is 25.8 Å². The van der Waals surface area contributed by atoms with E-state index < -0.39 is 0 Å². The molecule has 2 heteroatoms. The molecule has 10 rings (SSSR count). The summed E-state index contributed by atoms with van der Waals surface area (Å²) in [6.45, 7) is 0. The first-order chi connectivity index (χ1) is 27.7. The fraction of sp³-hybridized carbons (Fsp3) is 0. The lowest BCUT2D eigenvalue weighted by Crippen LogP contribution is -1.93. The summed E-state index contributed by atoms with van der Waals surface area (Å²) >= 11 is 0. The molecule has 0 fully saturated rings. The van der Waals surface area contributed by atoms with Crippen molar-refractivity contribution in [3.63, 3.8) is 0 Å². The van der Waals surface area contributed by atoms with E-state index in [2.05, 4.69) is 212 Å². The molecule has 8 aromatic carbocycles. The lowest BCUT2D eigenvalue weighted by Gasteiger charge is -2.15. The summed E-state index contributed by atoms with van der Waals surface area (Å²) in [6.07, 6.45) is 0. The van der Waals surface area contributed by atoms with Crippen LogP contribution in [-0.2, 0) is 0 Å². The van der Waals surface area contributed by atoms with E-state index >= 15 is 0 Å². The van der Waals surface area contributed by atoms with Crippen LogP contribution in [0.4, 0.5) is 0 Å². The van der Waals surface area contributed by atoms with Crippen molar-refractivity contribution in [1.29, 1.82) is 0 Å². The van der Waals surface area contributed by atoms with Gasteiger partial charge in [0.1, 0.15) is 0 Å². The van der Waals surface area contributed by atoms with E-state index in [4.69, 9.17) is 9.97 Å². The Bertz CT molecular complexity index is 2890. The van der Waals surface area contributed by atoms with Gasteiger partial charge < -0.3 is 0 Å². The van der Waals surface area contributed by atoms with Gasteiger partial charge in [0.05, 0.1) is 22.6 Å². The van der Waals surface area contributed by atoms with Gasteiger partial charge in [-0.05, 0) is 97.7 Å². The number of nitrogens with zero attached hydrogens (tertiary/aromatic N) is 2. The molecule has 2 nitrogen and oxygen atoms in total. The summed E-state index contributed by atoms with van der Waals surface area (Å²) in [6, 6.07) is 77.6. The van der Waals surface area contributed by atoms with Gasteiger partial charge >= 0.3 is 0 Å². The molecule has 2 aromatic heterocycles. The molecule has 0 atom stereocenters. The van der Waals surface area contributed by atoms with E-state index in [9.17, 15) is 0 Å². The second kappa shape index (κ2) is 14.4. The van der Waals surface area contributed by atoms with E-state index in [1.165, 1.54) is 33.0 Å². The average Bonchev–Trinajstić information content (AvgIpc) is 3.29. The summed E-state index contributed by atoms with van der Waals surface area (Å²) in [7, 11) is 0. The number of pyridine rings is 2. The van der Waals surface area contributed by atoms with Crippen molar-refractivity contribution in [3.05, 3.63) is 218 Å². The third kappa shape index (κ3) is 6.44. The van der Waals surface area contributed by atoms with E-state index in [0.717, 1.165) is 66.9 Å². The quantitative estimate of drug-likeness (QED) is 0.154. The summed E-state index contributed by atoms with van der Waals surface area (Å²) in [5, 5.41) is 3.49. The first-order valence-corrected chi connectivity index (χ1v) is 19.1. The zero-order valence-corrected chi connectivity index (χ0v) is 30.7. The summed E-state index contributed by atoms with van der Waals surface area (Å²) in [5.74, 6) is 0. The van der Waals surface area contributed by atoms with Gasteiger partial charge in [-0.2, -0.15) is 0 Å². The maximum absolute atomic E-state index is 5.36. The molecule has 56 heavy (non-hydrogen) atoms. The van der Waals surface area contributed by atoms with E-state index in [1.807, 2.05) is 6.07 Å². The molecule has 0 spiro atoms. The summed E-state index contributed by atoms with van der Waals surface area (Å²) < 4.78 is 0. The highest BCUT2D eigenvalue weighted by Gasteiger charge is 2.16. The molecular weight excluding hydrogens is 677 g/mol. The Balaban J connectivity index is 1.18. The predicted molar refractivity (Wildman–Crippen MR) is 235 cm³/mol. The van der Waals surface area contributed by atoms with E-state index in [0.29, 0.717) is 0 Å². The Kier molecular flexibility index (Phi) is 8.55. The predicted octanol–water partition coefficient (Wildman–Crippen LogP) is 14.5. The van der Waals surface area contributed by atoms with Crippen LogP contribution in [0.3, 0.4) is 0 Å². The molecule has 0 amide bonds. The Morgan fingerprint density at radius 1 is 0.250 bits per heavy atom. The monoisotopic (exact) mass is 712 g/mol. The van der Waals surface area contributed by atoms with Crippen LogP contribution in [0, 0.1) is 0 Å². The van der Waals surface area contributed by atoms with Crippen molar-refractivity contribution in [2.45, 2.75) is 0 Å². The van der Waals surface area contributed by atoms with Crippen LogP contribution in [0.25, 0.3) is 100.0 Å². The molecule has 0 saturated heterocycles. The van der Waals surface area contributed by atoms with Gasteiger partial charge in [0.2, 0.25) is 0 Å². The van der Waals surface area contributed by atoms with Crippen LogP contribution in [0.5, 0.6) is 0 Å². The van der Waals surface area contributed by atoms with Gasteiger partial charge in [-0.1, -0.05) is 176 Å². The second-order valence-corrected chi connectivity index (χ2v) is 14.2. The second-order valence-electron chi connectivity index (χ2n) is 14.2. The van der Waals surface area contributed by atoms with Crippen molar-refractivity contribution < 1.29 is 0 Å². The third-order valence-electron chi connectivity index (χ3n) is 10.6. The van der Waals surface area contributed by atoms with Crippen molar-refractivity contribution in [2.24, 2.45) is 0 Å². The number of rotatable bonds is 7. The molecule has 2 heterocycles. The minimum atomic E-state index is 0.928. The van der Waals surface area contributed by atoms with Crippen LogP contribution in [-0.4, -0.2) is 9.97 Å². The molecular formula is C54H36N2. The lowest BCUT2D eigenvalue weighted by molar-refractivity contribution is 1.32. The number of hydrogen-bond donors (Lipinski definition) is 0. The van der Waals surface area contributed by atoms with Crippen LogP contribution < -0.4 is 0 Å². The van der Waals surface area contributed by atoms with Gasteiger partial charge in [0.25, 0.3) is 0 Å². The molecule has 262 valence electrons. The zero-order chi connectivity index (χ0) is 37.3. The molecule has 0 aliphatic rings. The molecule has 0 aliphatic carbocycles. The van der Waals surface area contributed by atoms with Gasteiger partial charge in [-0.25, -0.2) is 9.97 Å².